The van der Waals surface area contributed by atoms with Gasteiger partial charge in [0.25, 0.3) is 0 Å². The van der Waals surface area contributed by atoms with Gasteiger partial charge in [0.15, 0.2) is 5.65 Å². The van der Waals surface area contributed by atoms with Crippen molar-refractivity contribution in [1.82, 2.24) is 19.9 Å². The van der Waals surface area contributed by atoms with Crippen LogP contribution in [0, 0.1) is 6.92 Å². The molecule has 3 heterocycles. The fourth-order valence-corrected chi connectivity index (χ4v) is 2.91. The molecule has 120 valence electrons. The maximum Gasteiger partial charge on any atom is 0.158 e. The third-order valence-corrected chi connectivity index (χ3v) is 4.19. The minimum Gasteiger partial charge on any atom is -0.497 e. The van der Waals surface area contributed by atoms with E-state index in [1.807, 2.05) is 18.2 Å². The molecule has 24 heavy (non-hydrogen) atoms. The molecule has 0 aliphatic rings. The van der Waals surface area contributed by atoms with Gasteiger partial charge in [-0.05, 0) is 31.0 Å². The SMILES string of the molecule is COc1ccnc(CCc2nc3cc4cccc(C)c4nc3[nH]2)c1. The molecule has 0 amide bonds. The van der Waals surface area contributed by atoms with E-state index < -0.39 is 0 Å². The van der Waals surface area contributed by atoms with Crippen LogP contribution in [0.4, 0.5) is 0 Å². The van der Waals surface area contributed by atoms with E-state index in [1.165, 1.54) is 5.56 Å². The second-order valence-corrected chi connectivity index (χ2v) is 5.87. The van der Waals surface area contributed by atoms with Crippen molar-refractivity contribution < 1.29 is 4.74 Å². The van der Waals surface area contributed by atoms with Crippen molar-refractivity contribution in [3.63, 3.8) is 0 Å². The summed E-state index contributed by atoms with van der Waals surface area (Å²) in [5, 5.41) is 1.12. The Morgan fingerprint density at radius 3 is 2.88 bits per heavy atom. The number of aromatic nitrogens is 4. The topological polar surface area (TPSA) is 63.7 Å². The van der Waals surface area contributed by atoms with Crippen LogP contribution >= 0.6 is 0 Å². The van der Waals surface area contributed by atoms with E-state index in [-0.39, 0.29) is 0 Å². The number of aryl methyl sites for hydroxylation is 3. The summed E-state index contributed by atoms with van der Waals surface area (Å²) in [7, 11) is 1.66. The van der Waals surface area contributed by atoms with Gasteiger partial charge in [0.1, 0.15) is 17.1 Å². The zero-order valence-corrected chi connectivity index (χ0v) is 13.7. The van der Waals surface area contributed by atoms with Crippen LogP contribution in [0.1, 0.15) is 17.1 Å². The Balaban J connectivity index is 1.62. The smallest absolute Gasteiger partial charge is 0.158 e. The third-order valence-electron chi connectivity index (χ3n) is 4.19. The van der Waals surface area contributed by atoms with Crippen LogP contribution in [-0.4, -0.2) is 27.0 Å². The number of para-hydroxylation sites is 1. The third kappa shape index (κ3) is 2.69. The molecule has 0 radical (unpaired) electrons. The summed E-state index contributed by atoms with van der Waals surface area (Å²) < 4.78 is 5.24. The van der Waals surface area contributed by atoms with Crippen LogP contribution in [0.15, 0.2) is 42.6 Å². The first kappa shape index (κ1) is 14.6. The predicted octanol–water partition coefficient (Wildman–Crippen LogP) is 3.61. The van der Waals surface area contributed by atoms with Gasteiger partial charge in [0.2, 0.25) is 0 Å². The highest BCUT2D eigenvalue weighted by molar-refractivity contribution is 5.91. The number of pyridine rings is 2. The van der Waals surface area contributed by atoms with Crippen molar-refractivity contribution in [3.8, 4) is 5.75 Å². The van der Waals surface area contributed by atoms with Crippen LogP contribution < -0.4 is 4.74 Å². The molecule has 1 N–H and O–H groups in total. The molecule has 0 unspecified atom stereocenters. The van der Waals surface area contributed by atoms with Crippen molar-refractivity contribution in [2.45, 2.75) is 19.8 Å². The molecular formula is C19H18N4O. The van der Waals surface area contributed by atoms with Gasteiger partial charge >= 0.3 is 0 Å². The number of hydrogen-bond donors (Lipinski definition) is 1. The minimum atomic E-state index is 0.784. The molecule has 4 rings (SSSR count). The lowest BCUT2D eigenvalue weighted by molar-refractivity contribution is 0.413. The number of hydrogen-bond acceptors (Lipinski definition) is 4. The van der Waals surface area contributed by atoms with Gasteiger partial charge in [-0.1, -0.05) is 18.2 Å². The molecule has 1 aromatic carbocycles. The standard InChI is InChI=1S/C19H18N4O/c1-12-4-3-5-13-10-16-19(23-18(12)13)22-17(21-16)7-6-14-11-15(24-2)8-9-20-14/h3-5,8-11H,6-7H2,1-2H3,(H,21,22,23). The number of ether oxygens (including phenoxy) is 1. The molecule has 0 saturated carbocycles. The van der Waals surface area contributed by atoms with Crippen molar-refractivity contribution in [2.24, 2.45) is 0 Å². The Bertz CT molecular complexity index is 1020. The summed E-state index contributed by atoms with van der Waals surface area (Å²) in [6.07, 6.45) is 3.35. The van der Waals surface area contributed by atoms with Crippen LogP contribution in [-0.2, 0) is 12.8 Å². The summed E-state index contributed by atoms with van der Waals surface area (Å²) in [4.78, 5) is 17.1. The second-order valence-electron chi connectivity index (χ2n) is 5.87. The number of fused-ring (bicyclic) bond motifs is 2. The van der Waals surface area contributed by atoms with E-state index in [2.05, 4.69) is 40.1 Å². The van der Waals surface area contributed by atoms with Crippen molar-refractivity contribution in [2.75, 3.05) is 7.11 Å². The normalized spacial score (nSPS) is 11.2. The summed E-state index contributed by atoms with van der Waals surface area (Å²) in [6.45, 7) is 2.08. The quantitative estimate of drug-likeness (QED) is 0.624. The van der Waals surface area contributed by atoms with E-state index >= 15 is 0 Å². The Morgan fingerprint density at radius 2 is 2.00 bits per heavy atom. The molecule has 5 heteroatoms. The highest BCUT2D eigenvalue weighted by Gasteiger charge is 2.08. The highest BCUT2D eigenvalue weighted by Crippen LogP contribution is 2.21. The van der Waals surface area contributed by atoms with Crippen molar-refractivity contribution in [3.05, 3.63) is 59.7 Å². The first-order chi connectivity index (χ1) is 11.7. The Morgan fingerprint density at radius 1 is 1.08 bits per heavy atom. The fourth-order valence-electron chi connectivity index (χ4n) is 2.91. The number of nitrogens with one attached hydrogen (secondary N) is 1. The highest BCUT2D eigenvalue weighted by atomic mass is 16.5. The molecule has 3 aromatic heterocycles. The second kappa shape index (κ2) is 5.92. The summed E-state index contributed by atoms with van der Waals surface area (Å²) in [6, 6.07) is 12.1. The first-order valence-electron chi connectivity index (χ1n) is 7.97. The van der Waals surface area contributed by atoms with Crippen LogP contribution in [0.5, 0.6) is 5.75 Å². The zero-order valence-electron chi connectivity index (χ0n) is 13.7. The lowest BCUT2D eigenvalue weighted by Gasteiger charge is -2.02. The van der Waals surface area contributed by atoms with Gasteiger partial charge in [-0.2, -0.15) is 0 Å². The van der Waals surface area contributed by atoms with Crippen molar-refractivity contribution in [1.29, 1.82) is 0 Å². The number of benzene rings is 1. The van der Waals surface area contributed by atoms with E-state index in [4.69, 9.17) is 9.72 Å². The number of imidazole rings is 1. The van der Waals surface area contributed by atoms with Crippen LogP contribution in [0.25, 0.3) is 22.1 Å². The number of methoxy groups -OCH3 is 1. The van der Waals surface area contributed by atoms with E-state index in [9.17, 15) is 0 Å². The largest absolute Gasteiger partial charge is 0.497 e. The van der Waals surface area contributed by atoms with E-state index in [0.717, 1.165) is 52.2 Å². The monoisotopic (exact) mass is 318 g/mol. The van der Waals surface area contributed by atoms with Gasteiger partial charge in [-0.3, -0.25) is 4.98 Å². The first-order valence-corrected chi connectivity index (χ1v) is 7.97. The Labute approximate surface area is 139 Å². The molecule has 5 nitrogen and oxygen atoms in total. The number of nitrogens with zero attached hydrogens (tertiary/aromatic N) is 3. The van der Waals surface area contributed by atoms with Gasteiger partial charge in [0.05, 0.1) is 12.6 Å². The maximum absolute atomic E-state index is 5.24. The molecule has 0 bridgehead atoms. The van der Waals surface area contributed by atoms with Gasteiger partial charge in [-0.25, -0.2) is 9.97 Å². The molecule has 0 saturated heterocycles. The van der Waals surface area contributed by atoms with Crippen LogP contribution in [0.3, 0.4) is 0 Å². The molecule has 0 aliphatic heterocycles. The number of rotatable bonds is 4. The van der Waals surface area contributed by atoms with Gasteiger partial charge < -0.3 is 9.72 Å². The molecule has 0 fully saturated rings. The average Bonchev–Trinajstić information content (AvgIpc) is 3.01. The summed E-state index contributed by atoms with van der Waals surface area (Å²) in [5.74, 6) is 1.75. The van der Waals surface area contributed by atoms with E-state index in [1.54, 1.807) is 13.3 Å². The number of aromatic amines is 1. The summed E-state index contributed by atoms with van der Waals surface area (Å²) >= 11 is 0. The fraction of sp³-hybridized carbons (Fsp3) is 0.211. The van der Waals surface area contributed by atoms with Crippen molar-refractivity contribution >= 4 is 22.1 Å². The van der Waals surface area contributed by atoms with E-state index in [0.29, 0.717) is 0 Å². The van der Waals surface area contributed by atoms with Gasteiger partial charge in [0, 0.05) is 29.8 Å². The molecule has 0 spiro atoms. The van der Waals surface area contributed by atoms with Crippen LogP contribution in [0.2, 0.25) is 0 Å². The average molecular weight is 318 g/mol. The molecular weight excluding hydrogens is 300 g/mol. The number of H-pyrrole nitrogens is 1. The molecule has 0 atom stereocenters. The maximum atomic E-state index is 5.24. The molecule has 4 aromatic rings. The predicted molar refractivity (Wildman–Crippen MR) is 94.3 cm³/mol. The minimum absolute atomic E-state index is 0.784. The Hall–Kier alpha value is -2.95. The summed E-state index contributed by atoms with van der Waals surface area (Å²) in [5.41, 5.74) is 4.93. The lowest BCUT2D eigenvalue weighted by Crippen LogP contribution is -1.96. The van der Waals surface area contributed by atoms with Gasteiger partial charge in [-0.15, -0.1) is 0 Å². The molecule has 0 aliphatic carbocycles. The lowest BCUT2D eigenvalue weighted by atomic mass is 10.1. The zero-order chi connectivity index (χ0) is 16.5. The Kier molecular flexibility index (Phi) is 3.61.